The first-order valence-electron chi connectivity index (χ1n) is 6.96. The Morgan fingerprint density at radius 1 is 1.28 bits per heavy atom. The van der Waals surface area contributed by atoms with Gasteiger partial charge in [0, 0.05) is 11.5 Å². The summed E-state index contributed by atoms with van der Waals surface area (Å²) in [5, 5.41) is 0. The molecule has 0 heterocycles. The number of hydrogen-bond donors (Lipinski definition) is 2. The molecule has 1 saturated carbocycles. The van der Waals surface area contributed by atoms with Gasteiger partial charge < -0.3 is 0 Å². The van der Waals surface area contributed by atoms with E-state index in [-0.39, 0.29) is 5.41 Å². The van der Waals surface area contributed by atoms with Crippen LogP contribution in [-0.4, -0.2) is 6.04 Å². The summed E-state index contributed by atoms with van der Waals surface area (Å²) in [4.78, 5) is 0. The zero-order valence-electron chi connectivity index (χ0n) is 11.1. The normalized spacial score (nSPS) is 19.6. The van der Waals surface area contributed by atoms with Gasteiger partial charge in [-0.15, -0.1) is 6.58 Å². The zero-order chi connectivity index (χ0) is 12.8. The Morgan fingerprint density at radius 2 is 1.94 bits per heavy atom. The molecule has 0 aromatic heterocycles. The topological polar surface area (TPSA) is 38.0 Å². The van der Waals surface area contributed by atoms with Crippen LogP contribution in [0, 0.1) is 0 Å². The van der Waals surface area contributed by atoms with Crippen LogP contribution in [0.4, 0.5) is 0 Å². The van der Waals surface area contributed by atoms with E-state index in [1.165, 1.54) is 31.2 Å². The Bertz CT molecular complexity index is 366. The van der Waals surface area contributed by atoms with Crippen molar-refractivity contribution >= 4 is 0 Å². The maximum Gasteiger partial charge on any atom is 0.0310 e. The first-order chi connectivity index (χ1) is 8.83. The summed E-state index contributed by atoms with van der Waals surface area (Å²) in [5.74, 6) is 5.83. The lowest BCUT2D eigenvalue weighted by atomic mass is 9.71. The highest BCUT2D eigenvalue weighted by Gasteiger charge is 2.41. The number of hydrogen-bond acceptors (Lipinski definition) is 2. The molecule has 1 atom stereocenters. The minimum atomic E-state index is 0.221. The van der Waals surface area contributed by atoms with Crippen molar-refractivity contribution in [1.82, 2.24) is 5.43 Å². The van der Waals surface area contributed by atoms with Crippen molar-refractivity contribution in [2.24, 2.45) is 5.84 Å². The molecule has 1 fully saturated rings. The predicted molar refractivity (Wildman–Crippen MR) is 77.1 cm³/mol. The van der Waals surface area contributed by atoms with Gasteiger partial charge in [0.2, 0.25) is 0 Å². The molecule has 2 rings (SSSR count). The summed E-state index contributed by atoms with van der Waals surface area (Å²) in [6.45, 7) is 3.82. The summed E-state index contributed by atoms with van der Waals surface area (Å²) < 4.78 is 0. The standard InChI is InChI=1S/C16H24N2/c1-2-3-11-15(18-17)16(12-7-8-13-16)14-9-5-4-6-10-14/h2,4-6,9-10,15,18H,1,3,7-8,11-13,17H2. The van der Waals surface area contributed by atoms with Gasteiger partial charge in [-0.05, 0) is 31.2 Å². The molecule has 0 bridgehead atoms. The van der Waals surface area contributed by atoms with Gasteiger partial charge in [0.05, 0.1) is 0 Å². The lowest BCUT2D eigenvalue weighted by Gasteiger charge is -2.38. The molecule has 0 amide bonds. The smallest absolute Gasteiger partial charge is 0.0310 e. The quantitative estimate of drug-likeness (QED) is 0.458. The van der Waals surface area contributed by atoms with E-state index in [1.807, 2.05) is 6.08 Å². The molecule has 98 valence electrons. The number of allylic oxidation sites excluding steroid dienone is 1. The Kier molecular flexibility index (Phi) is 4.56. The zero-order valence-corrected chi connectivity index (χ0v) is 11.1. The number of nitrogens with one attached hydrogen (secondary N) is 1. The van der Waals surface area contributed by atoms with Crippen molar-refractivity contribution in [3.05, 3.63) is 48.6 Å². The van der Waals surface area contributed by atoms with Crippen molar-refractivity contribution in [3.63, 3.8) is 0 Å². The van der Waals surface area contributed by atoms with E-state index in [4.69, 9.17) is 5.84 Å². The number of benzene rings is 1. The Hall–Kier alpha value is -1.12. The van der Waals surface area contributed by atoms with E-state index in [0.29, 0.717) is 6.04 Å². The van der Waals surface area contributed by atoms with Gasteiger partial charge in [0.1, 0.15) is 0 Å². The molecule has 3 N–H and O–H groups in total. The molecular weight excluding hydrogens is 220 g/mol. The molecule has 18 heavy (non-hydrogen) atoms. The summed E-state index contributed by atoms with van der Waals surface area (Å²) >= 11 is 0. The molecule has 1 aliphatic carbocycles. The second-order valence-electron chi connectivity index (χ2n) is 5.31. The second-order valence-corrected chi connectivity index (χ2v) is 5.31. The highest BCUT2D eigenvalue weighted by molar-refractivity contribution is 5.29. The Labute approximate surface area is 110 Å². The first-order valence-corrected chi connectivity index (χ1v) is 6.96. The fraction of sp³-hybridized carbons (Fsp3) is 0.500. The minimum absolute atomic E-state index is 0.221. The SMILES string of the molecule is C=CCCC(NN)C1(c2ccccc2)CCCC1. The van der Waals surface area contributed by atoms with Crippen molar-refractivity contribution in [2.45, 2.75) is 50.0 Å². The molecule has 1 aromatic carbocycles. The van der Waals surface area contributed by atoms with Crippen LogP contribution in [0.2, 0.25) is 0 Å². The molecule has 0 saturated heterocycles. The second kappa shape index (κ2) is 6.17. The molecule has 1 aliphatic rings. The van der Waals surface area contributed by atoms with Crippen LogP contribution in [0.15, 0.2) is 43.0 Å². The molecule has 1 unspecified atom stereocenters. The number of hydrazine groups is 1. The largest absolute Gasteiger partial charge is 0.271 e. The van der Waals surface area contributed by atoms with Gasteiger partial charge in [-0.3, -0.25) is 11.3 Å². The molecule has 1 aromatic rings. The van der Waals surface area contributed by atoms with Crippen LogP contribution in [0.1, 0.15) is 44.1 Å². The van der Waals surface area contributed by atoms with Gasteiger partial charge in [-0.25, -0.2) is 0 Å². The van der Waals surface area contributed by atoms with E-state index in [0.717, 1.165) is 12.8 Å². The van der Waals surface area contributed by atoms with E-state index >= 15 is 0 Å². The highest BCUT2D eigenvalue weighted by Crippen LogP contribution is 2.44. The first kappa shape index (κ1) is 13.3. The number of nitrogens with two attached hydrogens (primary N) is 1. The highest BCUT2D eigenvalue weighted by atomic mass is 15.2. The van der Waals surface area contributed by atoms with Crippen LogP contribution >= 0.6 is 0 Å². The third kappa shape index (κ3) is 2.50. The molecule has 0 aliphatic heterocycles. The maximum atomic E-state index is 5.83. The third-order valence-electron chi connectivity index (χ3n) is 4.37. The number of rotatable bonds is 6. The van der Waals surface area contributed by atoms with Gasteiger partial charge >= 0.3 is 0 Å². The van der Waals surface area contributed by atoms with Gasteiger partial charge in [-0.2, -0.15) is 0 Å². The molecule has 0 spiro atoms. The molecular formula is C16H24N2. The van der Waals surface area contributed by atoms with Crippen LogP contribution in [0.25, 0.3) is 0 Å². The summed E-state index contributed by atoms with van der Waals surface area (Å²) in [7, 11) is 0. The molecule has 0 radical (unpaired) electrons. The van der Waals surface area contributed by atoms with E-state index in [9.17, 15) is 0 Å². The van der Waals surface area contributed by atoms with Crippen molar-refractivity contribution in [1.29, 1.82) is 0 Å². The van der Waals surface area contributed by atoms with Crippen LogP contribution in [0.5, 0.6) is 0 Å². The fourth-order valence-electron chi connectivity index (χ4n) is 3.42. The predicted octanol–water partition coefficient (Wildman–Crippen LogP) is 3.30. The van der Waals surface area contributed by atoms with E-state index in [1.54, 1.807) is 0 Å². The van der Waals surface area contributed by atoms with E-state index in [2.05, 4.69) is 42.3 Å². The van der Waals surface area contributed by atoms with Crippen LogP contribution in [-0.2, 0) is 5.41 Å². The summed E-state index contributed by atoms with van der Waals surface area (Å²) in [6.07, 6.45) is 9.16. The monoisotopic (exact) mass is 244 g/mol. The van der Waals surface area contributed by atoms with Gasteiger partial charge in [0.25, 0.3) is 0 Å². The molecule has 2 nitrogen and oxygen atoms in total. The fourth-order valence-corrected chi connectivity index (χ4v) is 3.42. The van der Waals surface area contributed by atoms with E-state index < -0.39 is 0 Å². The van der Waals surface area contributed by atoms with Crippen molar-refractivity contribution in [2.75, 3.05) is 0 Å². The van der Waals surface area contributed by atoms with Gasteiger partial charge in [0.15, 0.2) is 0 Å². The van der Waals surface area contributed by atoms with Crippen LogP contribution in [0.3, 0.4) is 0 Å². The Morgan fingerprint density at radius 3 is 2.50 bits per heavy atom. The molecule has 2 heteroatoms. The minimum Gasteiger partial charge on any atom is -0.271 e. The van der Waals surface area contributed by atoms with Crippen molar-refractivity contribution in [3.8, 4) is 0 Å². The Balaban J connectivity index is 2.28. The maximum absolute atomic E-state index is 5.83. The third-order valence-corrected chi connectivity index (χ3v) is 4.37. The summed E-state index contributed by atoms with van der Waals surface area (Å²) in [5.41, 5.74) is 4.73. The lowest BCUT2D eigenvalue weighted by molar-refractivity contribution is 0.285. The van der Waals surface area contributed by atoms with Crippen molar-refractivity contribution < 1.29 is 0 Å². The summed E-state index contributed by atoms with van der Waals surface area (Å²) in [6, 6.07) is 11.2. The average Bonchev–Trinajstić information content (AvgIpc) is 2.91. The van der Waals surface area contributed by atoms with Crippen LogP contribution < -0.4 is 11.3 Å². The van der Waals surface area contributed by atoms with Gasteiger partial charge in [-0.1, -0.05) is 49.2 Å². The lowest BCUT2D eigenvalue weighted by Crippen LogP contribution is -2.50. The average molecular weight is 244 g/mol.